The predicted octanol–water partition coefficient (Wildman–Crippen LogP) is 4.83. The monoisotopic (exact) mass is 434 g/mol. The molecular formula is C26H34N4O2. The number of amides is 2. The third-order valence-corrected chi connectivity index (χ3v) is 5.84. The van der Waals surface area contributed by atoms with Gasteiger partial charge in [-0.25, -0.2) is 5.43 Å². The standard InChI is InChI=1S/C26H34N4O2/c1-18(2)30-16-14-23(15-17-30)28-29-25(32)20-8-12-22(13-9-20)27-24(31)19-6-10-21(11-7-19)26(3,4)5/h6-13,18H,14-17H2,1-5H3,(H,27,31)(H,29,32). The van der Waals surface area contributed by atoms with Gasteiger partial charge in [0.15, 0.2) is 0 Å². The minimum Gasteiger partial charge on any atom is -0.322 e. The molecular weight excluding hydrogens is 400 g/mol. The molecule has 0 radical (unpaired) electrons. The summed E-state index contributed by atoms with van der Waals surface area (Å²) < 4.78 is 0. The van der Waals surface area contributed by atoms with Gasteiger partial charge in [0.25, 0.3) is 11.8 Å². The predicted molar refractivity (Wildman–Crippen MR) is 130 cm³/mol. The zero-order valence-corrected chi connectivity index (χ0v) is 19.7. The van der Waals surface area contributed by atoms with E-state index in [2.05, 4.69) is 55.4 Å². The van der Waals surface area contributed by atoms with Crippen molar-refractivity contribution < 1.29 is 9.59 Å². The first kappa shape index (κ1) is 23.7. The second kappa shape index (κ2) is 10.1. The Morgan fingerprint density at radius 2 is 1.41 bits per heavy atom. The summed E-state index contributed by atoms with van der Waals surface area (Å²) in [5, 5.41) is 7.19. The van der Waals surface area contributed by atoms with E-state index in [9.17, 15) is 9.59 Å². The smallest absolute Gasteiger partial charge is 0.271 e. The van der Waals surface area contributed by atoms with E-state index >= 15 is 0 Å². The van der Waals surface area contributed by atoms with Crippen molar-refractivity contribution in [1.82, 2.24) is 10.3 Å². The molecule has 0 spiro atoms. The number of likely N-dealkylation sites (tertiary alicyclic amines) is 1. The summed E-state index contributed by atoms with van der Waals surface area (Å²) in [5.74, 6) is -0.429. The summed E-state index contributed by atoms with van der Waals surface area (Å²) in [6.45, 7) is 12.8. The van der Waals surface area contributed by atoms with Crippen molar-refractivity contribution >= 4 is 23.2 Å². The third-order valence-electron chi connectivity index (χ3n) is 5.84. The van der Waals surface area contributed by atoms with Crippen molar-refractivity contribution in [3.05, 3.63) is 65.2 Å². The van der Waals surface area contributed by atoms with Gasteiger partial charge >= 0.3 is 0 Å². The molecule has 0 unspecified atom stereocenters. The first-order valence-corrected chi connectivity index (χ1v) is 11.3. The Bertz CT molecular complexity index is 960. The number of hydrogen-bond donors (Lipinski definition) is 2. The average molecular weight is 435 g/mol. The summed E-state index contributed by atoms with van der Waals surface area (Å²) in [5.41, 5.74) is 6.64. The zero-order chi connectivity index (χ0) is 23.3. The van der Waals surface area contributed by atoms with Gasteiger partial charge in [0.05, 0.1) is 0 Å². The molecule has 170 valence electrons. The SMILES string of the molecule is CC(C)N1CCC(=NNC(=O)c2ccc(NC(=O)c3ccc(C(C)(C)C)cc3)cc2)CC1. The molecule has 2 N–H and O–H groups in total. The molecule has 2 amide bonds. The first-order valence-electron chi connectivity index (χ1n) is 11.3. The maximum Gasteiger partial charge on any atom is 0.271 e. The van der Waals surface area contributed by atoms with Crippen LogP contribution >= 0.6 is 0 Å². The number of hydrazone groups is 1. The van der Waals surface area contributed by atoms with E-state index in [0.717, 1.165) is 31.6 Å². The first-order chi connectivity index (χ1) is 15.1. The number of rotatable bonds is 5. The second-order valence-electron chi connectivity index (χ2n) is 9.61. The lowest BCUT2D eigenvalue weighted by Crippen LogP contribution is -2.39. The van der Waals surface area contributed by atoms with Gasteiger partial charge in [-0.3, -0.25) is 9.59 Å². The zero-order valence-electron chi connectivity index (χ0n) is 19.7. The number of benzene rings is 2. The molecule has 1 saturated heterocycles. The van der Waals surface area contributed by atoms with Crippen LogP contribution in [0, 0.1) is 0 Å². The Morgan fingerprint density at radius 3 is 1.94 bits per heavy atom. The Kier molecular flexibility index (Phi) is 7.46. The molecule has 32 heavy (non-hydrogen) atoms. The van der Waals surface area contributed by atoms with Crippen molar-refractivity contribution in [1.29, 1.82) is 0 Å². The van der Waals surface area contributed by atoms with E-state index in [1.54, 1.807) is 24.3 Å². The number of nitrogens with zero attached hydrogens (tertiary/aromatic N) is 2. The highest BCUT2D eigenvalue weighted by Gasteiger charge is 2.18. The Hall–Kier alpha value is -2.99. The number of carbonyl (C=O) groups excluding carboxylic acids is 2. The number of carbonyl (C=O) groups is 2. The van der Waals surface area contributed by atoms with E-state index in [0.29, 0.717) is 22.9 Å². The Morgan fingerprint density at radius 1 is 0.875 bits per heavy atom. The van der Waals surface area contributed by atoms with Gasteiger partial charge in [0.1, 0.15) is 0 Å². The molecule has 1 heterocycles. The van der Waals surface area contributed by atoms with Crippen LogP contribution in [0.3, 0.4) is 0 Å². The largest absolute Gasteiger partial charge is 0.322 e. The number of hydrogen-bond acceptors (Lipinski definition) is 4. The van der Waals surface area contributed by atoms with Gasteiger partial charge in [-0.1, -0.05) is 32.9 Å². The van der Waals surface area contributed by atoms with Crippen LogP contribution in [0.25, 0.3) is 0 Å². The Balaban J connectivity index is 1.54. The topological polar surface area (TPSA) is 73.8 Å². The van der Waals surface area contributed by atoms with Crippen LogP contribution in [0.15, 0.2) is 53.6 Å². The summed E-state index contributed by atoms with van der Waals surface area (Å²) in [4.78, 5) is 27.3. The van der Waals surface area contributed by atoms with E-state index in [1.807, 2.05) is 24.3 Å². The van der Waals surface area contributed by atoms with Gasteiger partial charge < -0.3 is 10.2 Å². The lowest BCUT2D eigenvalue weighted by Gasteiger charge is -2.30. The van der Waals surface area contributed by atoms with Gasteiger partial charge in [0, 0.05) is 54.5 Å². The molecule has 6 heteroatoms. The van der Waals surface area contributed by atoms with Gasteiger partial charge in [-0.15, -0.1) is 0 Å². The summed E-state index contributed by atoms with van der Waals surface area (Å²) in [7, 11) is 0. The molecule has 1 aliphatic rings. The quantitative estimate of drug-likeness (QED) is 0.662. The molecule has 0 saturated carbocycles. The van der Waals surface area contributed by atoms with Crippen molar-refractivity contribution in [2.24, 2.45) is 5.10 Å². The number of piperidine rings is 1. The van der Waals surface area contributed by atoms with Crippen LogP contribution in [0.2, 0.25) is 0 Å². The molecule has 0 bridgehead atoms. The van der Waals surface area contributed by atoms with Crippen LogP contribution in [0.1, 0.15) is 73.7 Å². The molecule has 1 fully saturated rings. The average Bonchev–Trinajstić information content (AvgIpc) is 2.77. The molecule has 3 rings (SSSR count). The normalized spacial score (nSPS) is 14.9. The highest BCUT2D eigenvalue weighted by molar-refractivity contribution is 6.04. The van der Waals surface area contributed by atoms with Crippen LogP contribution in [-0.2, 0) is 5.41 Å². The number of nitrogens with one attached hydrogen (secondary N) is 2. The Labute approximate surface area is 191 Å². The maximum atomic E-state index is 12.5. The van der Waals surface area contributed by atoms with Crippen LogP contribution in [0.5, 0.6) is 0 Å². The fourth-order valence-electron chi connectivity index (χ4n) is 3.63. The van der Waals surface area contributed by atoms with E-state index in [1.165, 1.54) is 5.56 Å². The molecule has 0 aliphatic carbocycles. The van der Waals surface area contributed by atoms with E-state index in [4.69, 9.17) is 0 Å². The molecule has 0 atom stereocenters. The molecule has 1 aliphatic heterocycles. The van der Waals surface area contributed by atoms with Crippen LogP contribution in [0.4, 0.5) is 5.69 Å². The highest BCUT2D eigenvalue weighted by atomic mass is 16.2. The molecule has 2 aromatic rings. The number of anilines is 1. The van der Waals surface area contributed by atoms with Crippen LogP contribution in [-0.4, -0.2) is 41.6 Å². The minimum atomic E-state index is -0.251. The molecule has 0 aromatic heterocycles. The fraction of sp³-hybridized carbons (Fsp3) is 0.423. The summed E-state index contributed by atoms with van der Waals surface area (Å²) in [6.07, 6.45) is 1.75. The third kappa shape index (κ3) is 6.26. The highest BCUT2D eigenvalue weighted by Crippen LogP contribution is 2.22. The van der Waals surface area contributed by atoms with E-state index < -0.39 is 0 Å². The van der Waals surface area contributed by atoms with Gasteiger partial charge in [-0.05, 0) is 61.2 Å². The lowest BCUT2D eigenvalue weighted by molar-refractivity contribution is 0.0953. The van der Waals surface area contributed by atoms with Gasteiger partial charge in [-0.2, -0.15) is 5.10 Å². The van der Waals surface area contributed by atoms with Crippen molar-refractivity contribution in [2.75, 3.05) is 18.4 Å². The fourth-order valence-corrected chi connectivity index (χ4v) is 3.63. The van der Waals surface area contributed by atoms with Crippen molar-refractivity contribution in [3.8, 4) is 0 Å². The summed E-state index contributed by atoms with van der Waals surface area (Å²) in [6, 6.07) is 15.0. The van der Waals surface area contributed by atoms with Gasteiger partial charge in [0.2, 0.25) is 0 Å². The summed E-state index contributed by atoms with van der Waals surface area (Å²) >= 11 is 0. The van der Waals surface area contributed by atoms with Crippen LogP contribution < -0.4 is 10.7 Å². The maximum absolute atomic E-state index is 12.5. The minimum absolute atomic E-state index is 0.0433. The molecule has 2 aromatic carbocycles. The second-order valence-corrected chi connectivity index (χ2v) is 9.61. The lowest BCUT2D eigenvalue weighted by atomic mass is 9.87. The van der Waals surface area contributed by atoms with E-state index in [-0.39, 0.29) is 17.2 Å². The van der Waals surface area contributed by atoms with Crippen molar-refractivity contribution in [2.45, 2.75) is 58.9 Å². The molecule has 6 nitrogen and oxygen atoms in total. The van der Waals surface area contributed by atoms with Crippen molar-refractivity contribution in [3.63, 3.8) is 0 Å².